The Bertz CT molecular complexity index is 1110. The number of hydrogen-bond acceptors (Lipinski definition) is 7. The summed E-state index contributed by atoms with van der Waals surface area (Å²) in [6, 6.07) is 14.8. The minimum absolute atomic E-state index is 0.0240. The summed E-state index contributed by atoms with van der Waals surface area (Å²) in [6.45, 7) is 4.45. The maximum atomic E-state index is 12.5. The number of amides is 2. The highest BCUT2D eigenvalue weighted by Gasteiger charge is 2.35. The molecular formula is C24H26N4O5. The third-order valence-corrected chi connectivity index (χ3v) is 5.46. The van der Waals surface area contributed by atoms with Crippen LogP contribution in [0.15, 0.2) is 52.9 Å². The second-order valence-electron chi connectivity index (χ2n) is 8.11. The molecule has 1 aliphatic heterocycles. The van der Waals surface area contributed by atoms with E-state index in [0.29, 0.717) is 24.1 Å². The Hall–Kier alpha value is -3.88. The standard InChI is InChI=1S/C24H26N4O5/c1-15(2)16-4-8-20(9-5-16)32-14-21(29)25-24-27-26-23(33-24)17-12-22(30)28(13-17)18-6-10-19(31-3)11-7-18/h4-11,15,17H,12-14H2,1-3H3,(H,25,27,29). The third-order valence-electron chi connectivity index (χ3n) is 5.46. The number of nitrogens with zero attached hydrogens (tertiary/aromatic N) is 3. The first-order valence-electron chi connectivity index (χ1n) is 10.7. The molecule has 1 saturated heterocycles. The van der Waals surface area contributed by atoms with E-state index in [2.05, 4.69) is 29.4 Å². The molecule has 33 heavy (non-hydrogen) atoms. The maximum Gasteiger partial charge on any atom is 0.322 e. The lowest BCUT2D eigenvalue weighted by Crippen LogP contribution is -2.24. The molecular weight excluding hydrogens is 424 g/mol. The monoisotopic (exact) mass is 450 g/mol. The summed E-state index contributed by atoms with van der Waals surface area (Å²) < 4.78 is 16.3. The Morgan fingerprint density at radius 3 is 2.48 bits per heavy atom. The van der Waals surface area contributed by atoms with Crippen molar-refractivity contribution in [1.82, 2.24) is 10.2 Å². The van der Waals surface area contributed by atoms with Gasteiger partial charge in [0.05, 0.1) is 13.0 Å². The van der Waals surface area contributed by atoms with Gasteiger partial charge in [0.15, 0.2) is 6.61 Å². The van der Waals surface area contributed by atoms with E-state index in [-0.39, 0.29) is 30.9 Å². The molecule has 2 amide bonds. The van der Waals surface area contributed by atoms with E-state index in [0.717, 1.165) is 11.4 Å². The molecule has 9 heteroatoms. The zero-order valence-corrected chi connectivity index (χ0v) is 18.8. The van der Waals surface area contributed by atoms with Crippen LogP contribution in [0.2, 0.25) is 0 Å². The average molecular weight is 450 g/mol. The molecule has 1 aromatic heterocycles. The number of benzene rings is 2. The van der Waals surface area contributed by atoms with Crippen LogP contribution in [0.4, 0.5) is 11.7 Å². The lowest BCUT2D eigenvalue weighted by molar-refractivity contribution is -0.118. The van der Waals surface area contributed by atoms with Crippen molar-refractivity contribution in [3.05, 3.63) is 60.0 Å². The fourth-order valence-electron chi connectivity index (χ4n) is 3.59. The molecule has 4 rings (SSSR count). The number of hydrogen-bond donors (Lipinski definition) is 1. The summed E-state index contributed by atoms with van der Waals surface area (Å²) in [5, 5.41) is 10.4. The Morgan fingerprint density at radius 2 is 1.82 bits per heavy atom. The van der Waals surface area contributed by atoms with Crippen LogP contribution in [0.3, 0.4) is 0 Å². The molecule has 9 nitrogen and oxygen atoms in total. The number of carbonyl (C=O) groups is 2. The summed E-state index contributed by atoms with van der Waals surface area (Å²) in [4.78, 5) is 26.4. The van der Waals surface area contributed by atoms with Crippen molar-refractivity contribution < 1.29 is 23.5 Å². The molecule has 0 spiro atoms. The van der Waals surface area contributed by atoms with Gasteiger partial charge in [-0.3, -0.25) is 14.9 Å². The number of nitrogens with one attached hydrogen (secondary N) is 1. The Labute approximate surface area is 191 Å². The molecule has 2 heterocycles. The highest BCUT2D eigenvalue weighted by atomic mass is 16.5. The molecule has 1 N–H and O–H groups in total. The first-order valence-corrected chi connectivity index (χ1v) is 10.7. The third kappa shape index (κ3) is 5.31. The van der Waals surface area contributed by atoms with Gasteiger partial charge in [0.2, 0.25) is 11.8 Å². The lowest BCUT2D eigenvalue weighted by Gasteiger charge is -2.16. The SMILES string of the molecule is COc1ccc(N2CC(c3nnc(NC(=O)COc4ccc(C(C)C)cc4)o3)CC2=O)cc1. The summed E-state index contributed by atoms with van der Waals surface area (Å²) >= 11 is 0. The van der Waals surface area contributed by atoms with Crippen LogP contribution in [0.25, 0.3) is 0 Å². The van der Waals surface area contributed by atoms with Crippen LogP contribution < -0.4 is 19.7 Å². The number of rotatable bonds is 8. The van der Waals surface area contributed by atoms with Crippen LogP contribution >= 0.6 is 0 Å². The normalized spacial score (nSPS) is 15.7. The smallest absolute Gasteiger partial charge is 0.322 e. The molecule has 1 unspecified atom stereocenters. The molecule has 0 bridgehead atoms. The van der Waals surface area contributed by atoms with Crippen molar-refractivity contribution in [2.45, 2.75) is 32.1 Å². The van der Waals surface area contributed by atoms with Gasteiger partial charge in [-0.15, -0.1) is 5.10 Å². The second kappa shape index (κ2) is 9.72. The van der Waals surface area contributed by atoms with E-state index in [9.17, 15) is 9.59 Å². The number of carbonyl (C=O) groups excluding carboxylic acids is 2. The molecule has 1 atom stereocenters. The van der Waals surface area contributed by atoms with Gasteiger partial charge in [-0.2, -0.15) is 0 Å². The number of aromatic nitrogens is 2. The van der Waals surface area contributed by atoms with E-state index >= 15 is 0 Å². The summed E-state index contributed by atoms with van der Waals surface area (Å²) in [5.74, 6) is 1.34. The minimum atomic E-state index is -0.416. The number of ether oxygens (including phenoxy) is 2. The predicted molar refractivity (Wildman–Crippen MR) is 122 cm³/mol. The fraction of sp³-hybridized carbons (Fsp3) is 0.333. The van der Waals surface area contributed by atoms with Crippen molar-refractivity contribution in [1.29, 1.82) is 0 Å². The fourth-order valence-corrected chi connectivity index (χ4v) is 3.59. The van der Waals surface area contributed by atoms with E-state index in [1.165, 1.54) is 5.56 Å². The van der Waals surface area contributed by atoms with Crippen molar-refractivity contribution in [3.63, 3.8) is 0 Å². The summed E-state index contributed by atoms with van der Waals surface area (Å²) in [6.07, 6.45) is 0.247. The van der Waals surface area contributed by atoms with Gasteiger partial charge in [-0.05, 0) is 47.9 Å². The average Bonchev–Trinajstić information content (AvgIpc) is 3.44. The van der Waals surface area contributed by atoms with Crippen LogP contribution in [0, 0.1) is 0 Å². The van der Waals surface area contributed by atoms with Crippen LogP contribution in [-0.4, -0.2) is 42.3 Å². The summed E-state index contributed by atoms with van der Waals surface area (Å²) in [7, 11) is 1.59. The van der Waals surface area contributed by atoms with Gasteiger partial charge in [-0.25, -0.2) is 0 Å². The topological polar surface area (TPSA) is 107 Å². The van der Waals surface area contributed by atoms with Gasteiger partial charge in [0, 0.05) is 18.7 Å². The molecule has 0 radical (unpaired) electrons. The Morgan fingerprint density at radius 1 is 1.12 bits per heavy atom. The zero-order chi connectivity index (χ0) is 23.4. The van der Waals surface area contributed by atoms with Crippen LogP contribution in [-0.2, 0) is 9.59 Å². The van der Waals surface area contributed by atoms with Crippen molar-refractivity contribution in [2.75, 3.05) is 30.5 Å². The maximum absolute atomic E-state index is 12.5. The second-order valence-corrected chi connectivity index (χ2v) is 8.11. The molecule has 2 aromatic carbocycles. The van der Waals surface area contributed by atoms with Gasteiger partial charge in [0.1, 0.15) is 11.5 Å². The molecule has 1 fully saturated rings. The molecule has 172 valence electrons. The number of methoxy groups -OCH3 is 1. The Kier molecular flexibility index (Phi) is 6.58. The zero-order valence-electron chi connectivity index (χ0n) is 18.8. The molecule has 1 aliphatic rings. The van der Waals surface area contributed by atoms with Crippen molar-refractivity contribution in [3.8, 4) is 11.5 Å². The largest absolute Gasteiger partial charge is 0.497 e. The first-order chi connectivity index (χ1) is 15.9. The minimum Gasteiger partial charge on any atom is -0.497 e. The van der Waals surface area contributed by atoms with Crippen molar-refractivity contribution in [2.24, 2.45) is 0 Å². The Balaban J connectivity index is 1.31. The predicted octanol–water partition coefficient (Wildman–Crippen LogP) is 3.74. The van der Waals surface area contributed by atoms with Crippen LogP contribution in [0.5, 0.6) is 11.5 Å². The number of anilines is 2. The quantitative estimate of drug-likeness (QED) is 0.557. The molecule has 0 saturated carbocycles. The highest BCUT2D eigenvalue weighted by Crippen LogP contribution is 2.32. The van der Waals surface area contributed by atoms with Gasteiger partial charge in [-0.1, -0.05) is 31.1 Å². The summed E-state index contributed by atoms with van der Waals surface area (Å²) in [5.41, 5.74) is 1.97. The van der Waals surface area contributed by atoms with E-state index in [1.807, 2.05) is 36.4 Å². The van der Waals surface area contributed by atoms with Gasteiger partial charge < -0.3 is 18.8 Å². The van der Waals surface area contributed by atoms with Crippen LogP contribution in [0.1, 0.15) is 43.6 Å². The van der Waals surface area contributed by atoms with Gasteiger partial charge >= 0.3 is 6.01 Å². The highest BCUT2D eigenvalue weighted by molar-refractivity contribution is 5.96. The van der Waals surface area contributed by atoms with Gasteiger partial charge in [0.25, 0.3) is 5.91 Å². The first kappa shape index (κ1) is 22.3. The van der Waals surface area contributed by atoms with E-state index < -0.39 is 5.91 Å². The van der Waals surface area contributed by atoms with E-state index in [1.54, 1.807) is 24.1 Å². The molecule has 3 aromatic rings. The van der Waals surface area contributed by atoms with E-state index in [4.69, 9.17) is 13.9 Å². The molecule has 0 aliphatic carbocycles. The van der Waals surface area contributed by atoms with Crippen molar-refractivity contribution >= 4 is 23.5 Å². The lowest BCUT2D eigenvalue weighted by atomic mass is 10.0.